The van der Waals surface area contributed by atoms with Crippen molar-refractivity contribution < 1.29 is 30.9 Å². The van der Waals surface area contributed by atoms with E-state index in [0.29, 0.717) is 24.4 Å². The summed E-state index contributed by atoms with van der Waals surface area (Å²) >= 11 is 0. The molecule has 2 rings (SSSR count). The maximum Gasteiger partial charge on any atom is 0.246 e. The van der Waals surface area contributed by atoms with Gasteiger partial charge >= 0.3 is 0 Å². The molecule has 0 bridgehead atoms. The molecule has 0 aliphatic heterocycles. The number of sulfone groups is 2. The minimum Gasteiger partial charge on any atom is -0.359 e. The van der Waals surface area contributed by atoms with Crippen LogP contribution >= 0.6 is 0 Å². The SMILES string of the molecule is CCC(C)S(=O)(=O)C(C)(C)C(=O)Nc1cc(C(C)(C)C)nn1C.CCC(C)S(=O)(=O)C(C)(C)C(=O)Nc1cc(C(C)(C)C)on1. The van der Waals surface area contributed by atoms with Gasteiger partial charge in [-0.3, -0.25) is 14.3 Å². The first-order chi connectivity index (χ1) is 20.1. The van der Waals surface area contributed by atoms with Crippen molar-refractivity contribution in [3.8, 4) is 0 Å². The smallest absolute Gasteiger partial charge is 0.246 e. The van der Waals surface area contributed by atoms with E-state index in [1.807, 2.05) is 41.5 Å². The van der Waals surface area contributed by atoms with Crippen molar-refractivity contribution >= 4 is 43.1 Å². The number of nitrogens with one attached hydrogen (secondary N) is 2. The molecule has 2 unspecified atom stereocenters. The van der Waals surface area contributed by atoms with Gasteiger partial charge in [0.2, 0.25) is 11.8 Å². The third kappa shape index (κ3) is 8.96. The maximum atomic E-state index is 12.6. The molecule has 0 fully saturated rings. The number of carbonyl (C=O) groups excluding carboxylic acids is 2. The zero-order chi connectivity index (χ0) is 35.6. The van der Waals surface area contributed by atoms with E-state index in [0.717, 1.165) is 5.69 Å². The normalized spacial score (nSPS) is 14.6. The standard InChI is InChI=1S/C16H29N3O3S.C15H26N2O4S/c1-9-11(2)23(21,22)16(6,7)14(20)17-13-10-12(15(3,4)5)18-19(13)8;1-8-10(2)22(19,20)15(6,7)13(18)16-12-9-11(21-17-12)14(3,4)5/h10-11H,9H2,1-8H3,(H,17,20);9-10H,8H2,1-7H3,(H,16,17,18). The summed E-state index contributed by atoms with van der Waals surface area (Å²) in [5, 5.41) is 12.3. The fourth-order valence-electron chi connectivity index (χ4n) is 3.88. The Balaban J connectivity index is 0.000000450. The molecule has 0 radical (unpaired) electrons. The second-order valence-electron chi connectivity index (χ2n) is 14.6. The summed E-state index contributed by atoms with van der Waals surface area (Å²) in [7, 11) is -5.46. The number of hydrogen-bond acceptors (Lipinski definition) is 9. The number of anilines is 2. The Morgan fingerprint density at radius 1 is 0.778 bits per heavy atom. The lowest BCUT2D eigenvalue weighted by Crippen LogP contribution is -2.48. The summed E-state index contributed by atoms with van der Waals surface area (Å²) in [4.78, 5) is 25.0. The van der Waals surface area contributed by atoms with E-state index < -0.39 is 51.5 Å². The molecule has 2 N–H and O–H groups in total. The largest absolute Gasteiger partial charge is 0.359 e. The highest BCUT2D eigenvalue weighted by Crippen LogP contribution is 2.29. The van der Waals surface area contributed by atoms with Gasteiger partial charge in [-0.15, -0.1) is 0 Å². The molecule has 0 aliphatic carbocycles. The number of aromatic nitrogens is 3. The maximum absolute atomic E-state index is 12.6. The molecular weight excluding hydrogens is 619 g/mol. The Labute approximate surface area is 270 Å². The van der Waals surface area contributed by atoms with Crippen LogP contribution in [-0.2, 0) is 47.1 Å². The molecule has 0 spiro atoms. The van der Waals surface area contributed by atoms with Gasteiger partial charge in [-0.25, -0.2) is 16.8 Å². The third-order valence-corrected chi connectivity index (χ3v) is 14.1. The first-order valence-electron chi connectivity index (χ1n) is 15.2. The van der Waals surface area contributed by atoms with E-state index in [1.54, 1.807) is 51.6 Å². The Kier molecular flexibility index (Phi) is 12.5. The van der Waals surface area contributed by atoms with E-state index in [-0.39, 0.29) is 16.6 Å². The van der Waals surface area contributed by atoms with Crippen LogP contribution < -0.4 is 10.6 Å². The fourth-order valence-corrected chi connectivity index (χ4v) is 7.38. The van der Waals surface area contributed by atoms with Crippen LogP contribution in [0.15, 0.2) is 16.7 Å². The molecule has 2 aromatic heterocycles. The lowest BCUT2D eigenvalue weighted by atomic mass is 9.92. The average molecular weight is 674 g/mol. The zero-order valence-electron chi connectivity index (χ0n) is 29.7. The molecule has 2 amide bonds. The van der Waals surface area contributed by atoms with Crippen LogP contribution in [0.1, 0.15) is 121 Å². The van der Waals surface area contributed by atoms with Gasteiger partial charge in [0, 0.05) is 30.0 Å². The molecule has 12 nitrogen and oxygen atoms in total. The Morgan fingerprint density at radius 2 is 1.20 bits per heavy atom. The molecule has 14 heteroatoms. The summed E-state index contributed by atoms with van der Waals surface area (Å²) < 4.78 is 53.8. The van der Waals surface area contributed by atoms with E-state index in [2.05, 4.69) is 20.9 Å². The molecule has 0 saturated carbocycles. The number of carbonyl (C=O) groups is 2. The first kappa shape index (κ1) is 40.3. The fraction of sp³-hybridized carbons (Fsp3) is 0.742. The monoisotopic (exact) mass is 673 g/mol. The lowest BCUT2D eigenvalue weighted by Gasteiger charge is -2.26. The molecule has 45 heavy (non-hydrogen) atoms. The predicted octanol–water partition coefficient (Wildman–Crippen LogP) is 5.55. The predicted molar refractivity (Wildman–Crippen MR) is 180 cm³/mol. The Morgan fingerprint density at radius 3 is 1.53 bits per heavy atom. The summed E-state index contributed by atoms with van der Waals surface area (Å²) in [6.07, 6.45) is 0.927. The van der Waals surface area contributed by atoms with Crippen LogP contribution in [0.25, 0.3) is 0 Å². The van der Waals surface area contributed by atoms with Gasteiger partial charge in [0.05, 0.1) is 16.2 Å². The number of amides is 2. The van der Waals surface area contributed by atoms with Gasteiger partial charge in [-0.05, 0) is 54.4 Å². The molecule has 2 aromatic rings. The van der Waals surface area contributed by atoms with Crippen LogP contribution in [0, 0.1) is 0 Å². The van der Waals surface area contributed by atoms with E-state index in [1.165, 1.54) is 27.7 Å². The van der Waals surface area contributed by atoms with Crippen LogP contribution in [0.5, 0.6) is 0 Å². The molecule has 2 heterocycles. The van der Waals surface area contributed by atoms with Crippen LogP contribution in [-0.4, -0.2) is 63.6 Å². The highest BCUT2D eigenvalue weighted by molar-refractivity contribution is 7.94. The quantitative estimate of drug-likeness (QED) is 0.328. The van der Waals surface area contributed by atoms with E-state index in [4.69, 9.17) is 4.52 Å². The number of nitrogens with zero attached hydrogens (tertiary/aromatic N) is 3. The third-order valence-electron chi connectivity index (χ3n) is 8.11. The molecule has 258 valence electrons. The molecule has 0 aliphatic rings. The zero-order valence-corrected chi connectivity index (χ0v) is 31.4. The van der Waals surface area contributed by atoms with Crippen molar-refractivity contribution in [1.82, 2.24) is 14.9 Å². The minimum absolute atomic E-state index is 0.154. The molecular formula is C31H55N5O7S2. The van der Waals surface area contributed by atoms with Gasteiger partial charge in [0.15, 0.2) is 25.5 Å². The van der Waals surface area contributed by atoms with Gasteiger partial charge < -0.3 is 15.2 Å². The van der Waals surface area contributed by atoms with E-state index >= 15 is 0 Å². The average Bonchev–Trinajstić information content (AvgIpc) is 3.54. The summed E-state index contributed by atoms with van der Waals surface area (Å²) in [6, 6.07) is 3.40. The summed E-state index contributed by atoms with van der Waals surface area (Å²) in [6.45, 7) is 24.5. The van der Waals surface area contributed by atoms with Crippen molar-refractivity contribution in [2.45, 2.75) is 141 Å². The van der Waals surface area contributed by atoms with E-state index in [9.17, 15) is 26.4 Å². The van der Waals surface area contributed by atoms with Crippen LogP contribution in [0.3, 0.4) is 0 Å². The van der Waals surface area contributed by atoms with Crippen molar-refractivity contribution in [2.75, 3.05) is 10.6 Å². The van der Waals surface area contributed by atoms with Crippen molar-refractivity contribution in [1.29, 1.82) is 0 Å². The highest BCUT2D eigenvalue weighted by Gasteiger charge is 2.45. The minimum atomic E-state index is -3.60. The molecule has 2 atom stereocenters. The van der Waals surface area contributed by atoms with Gasteiger partial charge in [0.25, 0.3) is 0 Å². The molecule has 0 aromatic carbocycles. The van der Waals surface area contributed by atoms with Crippen molar-refractivity contribution in [3.63, 3.8) is 0 Å². The Hall–Kier alpha value is -2.74. The number of hydrogen-bond donors (Lipinski definition) is 2. The van der Waals surface area contributed by atoms with Crippen molar-refractivity contribution in [2.24, 2.45) is 7.05 Å². The lowest BCUT2D eigenvalue weighted by molar-refractivity contribution is -0.118. The summed E-state index contributed by atoms with van der Waals surface area (Å²) in [5.74, 6) is 0.183. The van der Waals surface area contributed by atoms with Gasteiger partial charge in [0.1, 0.15) is 21.1 Å². The topological polar surface area (TPSA) is 170 Å². The second-order valence-corrected chi connectivity index (χ2v) is 20.4. The second kappa shape index (κ2) is 13.9. The van der Waals surface area contributed by atoms with Crippen LogP contribution in [0.2, 0.25) is 0 Å². The summed E-state index contributed by atoms with van der Waals surface area (Å²) in [5.41, 5.74) is 0.436. The number of rotatable bonds is 10. The number of aryl methyl sites for hydroxylation is 1. The Bertz CT molecular complexity index is 1560. The van der Waals surface area contributed by atoms with Gasteiger partial charge in [-0.1, -0.05) is 60.5 Å². The molecule has 0 saturated heterocycles. The van der Waals surface area contributed by atoms with Gasteiger partial charge in [-0.2, -0.15) is 5.10 Å². The first-order valence-corrected chi connectivity index (χ1v) is 18.3. The van der Waals surface area contributed by atoms with Crippen molar-refractivity contribution in [3.05, 3.63) is 23.6 Å². The highest BCUT2D eigenvalue weighted by atomic mass is 32.2. The van der Waals surface area contributed by atoms with Crippen LogP contribution in [0.4, 0.5) is 11.6 Å².